The number of nitrogens with zero attached hydrogens (tertiary/aromatic N) is 1. The van der Waals surface area contributed by atoms with E-state index in [4.69, 9.17) is 0 Å². The third-order valence-corrected chi connectivity index (χ3v) is 3.60. The summed E-state index contributed by atoms with van der Waals surface area (Å²) in [6.45, 7) is 3.50. The number of likely N-dealkylation sites (N-methyl/N-ethyl adjacent to an activating group) is 1. The van der Waals surface area contributed by atoms with Crippen LogP contribution in [-0.4, -0.2) is 44.0 Å². The van der Waals surface area contributed by atoms with E-state index < -0.39 is 0 Å². The number of rotatable bonds is 9. The molecule has 1 aliphatic rings. The van der Waals surface area contributed by atoms with Gasteiger partial charge in [0.15, 0.2) is 0 Å². The molecule has 1 aromatic carbocycles. The molecule has 2 N–H and O–H groups in total. The van der Waals surface area contributed by atoms with Gasteiger partial charge in [0, 0.05) is 19.6 Å². The first-order valence-electron chi connectivity index (χ1n) is 7.54. The van der Waals surface area contributed by atoms with Gasteiger partial charge in [-0.05, 0) is 50.0 Å². The average Bonchev–Trinajstić information content (AvgIpc) is 3.25. The van der Waals surface area contributed by atoms with Gasteiger partial charge in [-0.15, -0.1) is 0 Å². The molecule has 0 aliphatic heterocycles. The second-order valence-electron chi connectivity index (χ2n) is 5.79. The SMILES string of the molecule is CN(CCNC(=O)CNCC1CC1)Cc1ccc(F)cc1. The van der Waals surface area contributed by atoms with Gasteiger partial charge in [-0.25, -0.2) is 4.39 Å². The van der Waals surface area contributed by atoms with Crippen LogP contribution in [-0.2, 0) is 11.3 Å². The largest absolute Gasteiger partial charge is 0.354 e. The minimum Gasteiger partial charge on any atom is -0.354 e. The Morgan fingerprint density at radius 2 is 2.05 bits per heavy atom. The van der Waals surface area contributed by atoms with Crippen LogP contribution in [0.25, 0.3) is 0 Å². The van der Waals surface area contributed by atoms with Crippen LogP contribution in [0.2, 0.25) is 0 Å². The molecular formula is C16H24FN3O. The van der Waals surface area contributed by atoms with Gasteiger partial charge in [0.1, 0.15) is 5.82 Å². The summed E-state index contributed by atoms with van der Waals surface area (Å²) in [5, 5.41) is 6.07. The molecule has 0 radical (unpaired) electrons. The molecule has 0 aromatic heterocycles. The number of hydrogen-bond acceptors (Lipinski definition) is 3. The number of nitrogens with one attached hydrogen (secondary N) is 2. The summed E-state index contributed by atoms with van der Waals surface area (Å²) in [5.41, 5.74) is 1.07. The van der Waals surface area contributed by atoms with E-state index in [2.05, 4.69) is 15.5 Å². The molecule has 1 fully saturated rings. The van der Waals surface area contributed by atoms with Gasteiger partial charge in [-0.1, -0.05) is 12.1 Å². The third kappa shape index (κ3) is 6.69. The zero-order chi connectivity index (χ0) is 15.1. The maximum absolute atomic E-state index is 12.8. The molecule has 21 heavy (non-hydrogen) atoms. The maximum Gasteiger partial charge on any atom is 0.234 e. The lowest BCUT2D eigenvalue weighted by Gasteiger charge is -2.17. The fourth-order valence-corrected chi connectivity index (χ4v) is 2.14. The first kappa shape index (κ1) is 15.9. The summed E-state index contributed by atoms with van der Waals surface area (Å²) in [7, 11) is 1.99. The summed E-state index contributed by atoms with van der Waals surface area (Å²) < 4.78 is 12.8. The molecule has 5 heteroatoms. The fourth-order valence-electron chi connectivity index (χ4n) is 2.14. The Labute approximate surface area is 125 Å². The molecule has 1 amide bonds. The summed E-state index contributed by atoms with van der Waals surface area (Å²) in [6.07, 6.45) is 2.59. The van der Waals surface area contributed by atoms with Gasteiger partial charge in [0.25, 0.3) is 0 Å². The molecule has 0 spiro atoms. The van der Waals surface area contributed by atoms with Crippen molar-refractivity contribution in [1.29, 1.82) is 0 Å². The highest BCUT2D eigenvalue weighted by atomic mass is 19.1. The van der Waals surface area contributed by atoms with E-state index in [1.165, 1.54) is 25.0 Å². The van der Waals surface area contributed by atoms with E-state index in [-0.39, 0.29) is 11.7 Å². The number of benzene rings is 1. The second kappa shape index (κ2) is 8.10. The zero-order valence-electron chi connectivity index (χ0n) is 12.6. The van der Waals surface area contributed by atoms with E-state index in [0.29, 0.717) is 13.1 Å². The van der Waals surface area contributed by atoms with Crippen molar-refractivity contribution < 1.29 is 9.18 Å². The molecular weight excluding hydrogens is 269 g/mol. The highest BCUT2D eigenvalue weighted by Gasteiger charge is 2.20. The minimum absolute atomic E-state index is 0.0471. The van der Waals surface area contributed by atoms with E-state index in [1.54, 1.807) is 12.1 Å². The van der Waals surface area contributed by atoms with Crippen LogP contribution in [0.15, 0.2) is 24.3 Å². The lowest BCUT2D eigenvalue weighted by Crippen LogP contribution is -2.38. The van der Waals surface area contributed by atoms with Crippen LogP contribution < -0.4 is 10.6 Å². The Hall–Kier alpha value is -1.46. The second-order valence-corrected chi connectivity index (χ2v) is 5.79. The van der Waals surface area contributed by atoms with Crippen LogP contribution >= 0.6 is 0 Å². The van der Waals surface area contributed by atoms with Crippen molar-refractivity contribution in [3.05, 3.63) is 35.6 Å². The third-order valence-electron chi connectivity index (χ3n) is 3.60. The number of amides is 1. The Balaban J connectivity index is 1.54. The Bertz CT molecular complexity index is 445. The van der Waals surface area contributed by atoms with Gasteiger partial charge in [-0.2, -0.15) is 0 Å². The maximum atomic E-state index is 12.8. The zero-order valence-corrected chi connectivity index (χ0v) is 12.6. The molecule has 2 rings (SSSR count). The molecule has 0 saturated heterocycles. The van der Waals surface area contributed by atoms with Gasteiger partial charge < -0.3 is 15.5 Å². The molecule has 116 valence electrons. The molecule has 4 nitrogen and oxygen atoms in total. The van der Waals surface area contributed by atoms with E-state index >= 15 is 0 Å². The minimum atomic E-state index is -0.215. The average molecular weight is 293 g/mol. The van der Waals surface area contributed by atoms with Crippen molar-refractivity contribution in [1.82, 2.24) is 15.5 Å². The Morgan fingerprint density at radius 3 is 2.71 bits per heavy atom. The first-order valence-corrected chi connectivity index (χ1v) is 7.54. The monoisotopic (exact) mass is 293 g/mol. The van der Waals surface area contributed by atoms with Gasteiger partial charge in [0.05, 0.1) is 6.54 Å². The molecule has 1 aliphatic carbocycles. The van der Waals surface area contributed by atoms with Gasteiger partial charge in [-0.3, -0.25) is 4.79 Å². The number of hydrogen-bond donors (Lipinski definition) is 2. The van der Waals surface area contributed by atoms with Crippen molar-refractivity contribution in [2.75, 3.05) is 33.2 Å². The highest BCUT2D eigenvalue weighted by molar-refractivity contribution is 5.77. The summed E-state index contributed by atoms with van der Waals surface area (Å²) in [5.74, 6) is 0.623. The molecule has 0 unspecified atom stereocenters. The van der Waals surface area contributed by atoms with E-state index in [1.807, 2.05) is 7.05 Å². The summed E-state index contributed by atoms with van der Waals surface area (Å²) >= 11 is 0. The van der Waals surface area contributed by atoms with Gasteiger partial charge in [0.2, 0.25) is 5.91 Å². The van der Waals surface area contributed by atoms with Gasteiger partial charge >= 0.3 is 0 Å². The standard InChI is InChI=1S/C16H24FN3O/c1-20(12-14-4-6-15(17)7-5-14)9-8-19-16(21)11-18-10-13-2-3-13/h4-7,13,18H,2-3,8-12H2,1H3,(H,19,21). The smallest absolute Gasteiger partial charge is 0.234 e. The van der Waals surface area contributed by atoms with Crippen LogP contribution in [0.3, 0.4) is 0 Å². The van der Waals surface area contributed by atoms with E-state index in [0.717, 1.165) is 31.1 Å². The number of halogens is 1. The van der Waals surface area contributed by atoms with Crippen molar-refractivity contribution in [3.63, 3.8) is 0 Å². The normalized spacial score (nSPS) is 14.4. The molecule has 0 bridgehead atoms. The Kier molecular flexibility index (Phi) is 6.14. The lowest BCUT2D eigenvalue weighted by molar-refractivity contribution is -0.120. The summed E-state index contributed by atoms with van der Waals surface area (Å²) in [6, 6.07) is 6.51. The predicted octanol–water partition coefficient (Wildman–Crippen LogP) is 1.37. The fraction of sp³-hybridized carbons (Fsp3) is 0.562. The first-order chi connectivity index (χ1) is 10.1. The predicted molar refractivity (Wildman–Crippen MR) is 81.3 cm³/mol. The molecule has 0 heterocycles. The molecule has 1 aromatic rings. The molecule has 1 saturated carbocycles. The Morgan fingerprint density at radius 1 is 1.33 bits per heavy atom. The summed E-state index contributed by atoms with van der Waals surface area (Å²) in [4.78, 5) is 13.7. The van der Waals surface area contributed by atoms with Crippen molar-refractivity contribution >= 4 is 5.91 Å². The number of carbonyl (C=O) groups is 1. The van der Waals surface area contributed by atoms with E-state index in [9.17, 15) is 9.18 Å². The van der Waals surface area contributed by atoms with Crippen molar-refractivity contribution in [3.8, 4) is 0 Å². The quantitative estimate of drug-likeness (QED) is 0.723. The topological polar surface area (TPSA) is 44.4 Å². The van der Waals surface area contributed by atoms with Crippen molar-refractivity contribution in [2.24, 2.45) is 5.92 Å². The van der Waals surface area contributed by atoms with Crippen LogP contribution in [0.1, 0.15) is 18.4 Å². The highest BCUT2D eigenvalue weighted by Crippen LogP contribution is 2.27. The lowest BCUT2D eigenvalue weighted by atomic mass is 10.2. The number of carbonyl (C=O) groups excluding carboxylic acids is 1. The van der Waals surface area contributed by atoms with Crippen molar-refractivity contribution in [2.45, 2.75) is 19.4 Å². The molecule has 0 atom stereocenters. The van der Waals surface area contributed by atoms with Crippen LogP contribution in [0.4, 0.5) is 4.39 Å². The van der Waals surface area contributed by atoms with Crippen LogP contribution in [0.5, 0.6) is 0 Å². The van der Waals surface area contributed by atoms with Crippen LogP contribution in [0, 0.1) is 11.7 Å².